The third-order valence-corrected chi connectivity index (χ3v) is 11.3. The van der Waals surface area contributed by atoms with Crippen molar-refractivity contribution in [2.75, 3.05) is 4.90 Å². The third-order valence-electron chi connectivity index (χ3n) is 8.83. The zero-order valence-electron chi connectivity index (χ0n) is 21.3. The standard InChI is InChI=1S/C33H28BNOSe/c1-33(2)22-10-3-6-13-26(22)35(27-14-7-4-11-23(27)33)21-18-19-24-29(20-21)36-28-15-9-17-31-32(28)34(24)25-12-5-8-16-30(25)37-31/h3,5-6,8-10,12-13,15-20H,4,7,11,14H2,1-2H3. The molecule has 0 amide bonds. The van der Waals surface area contributed by atoms with E-state index in [1.807, 2.05) is 0 Å². The second-order valence-corrected chi connectivity index (χ2v) is 13.4. The van der Waals surface area contributed by atoms with Gasteiger partial charge in [-0.15, -0.1) is 0 Å². The van der Waals surface area contributed by atoms with Gasteiger partial charge < -0.3 is 0 Å². The van der Waals surface area contributed by atoms with Crippen LogP contribution in [0.1, 0.15) is 45.1 Å². The maximum absolute atomic E-state index is 6.70. The first-order valence-electron chi connectivity index (χ1n) is 13.4. The van der Waals surface area contributed by atoms with Crippen LogP contribution in [0.3, 0.4) is 0 Å². The van der Waals surface area contributed by atoms with Gasteiger partial charge in [-0.25, -0.2) is 0 Å². The first-order chi connectivity index (χ1) is 18.1. The molecule has 180 valence electrons. The summed E-state index contributed by atoms with van der Waals surface area (Å²) in [6.45, 7) is 5.07. The Labute approximate surface area is 225 Å². The van der Waals surface area contributed by atoms with Gasteiger partial charge in [-0.05, 0) is 0 Å². The van der Waals surface area contributed by atoms with Gasteiger partial charge in [0, 0.05) is 0 Å². The number of para-hydroxylation sites is 1. The first-order valence-corrected chi connectivity index (χ1v) is 15.2. The van der Waals surface area contributed by atoms with Crippen molar-refractivity contribution in [3.05, 3.63) is 102 Å². The van der Waals surface area contributed by atoms with Gasteiger partial charge in [0.15, 0.2) is 0 Å². The second kappa shape index (κ2) is 7.90. The van der Waals surface area contributed by atoms with Crippen LogP contribution in [0.15, 0.2) is 96.2 Å². The summed E-state index contributed by atoms with van der Waals surface area (Å²) in [5.41, 5.74) is 11.2. The number of hydrogen-bond acceptors (Lipinski definition) is 2. The van der Waals surface area contributed by atoms with Gasteiger partial charge in [0.2, 0.25) is 0 Å². The van der Waals surface area contributed by atoms with Gasteiger partial charge in [-0.2, -0.15) is 0 Å². The van der Waals surface area contributed by atoms with E-state index in [1.165, 1.54) is 67.2 Å². The summed E-state index contributed by atoms with van der Waals surface area (Å²) in [6.07, 6.45) is 4.86. The molecule has 0 saturated carbocycles. The van der Waals surface area contributed by atoms with Gasteiger partial charge in [0.05, 0.1) is 0 Å². The molecule has 0 atom stereocenters. The van der Waals surface area contributed by atoms with Crippen molar-refractivity contribution in [2.24, 2.45) is 0 Å². The number of rotatable bonds is 1. The van der Waals surface area contributed by atoms with E-state index >= 15 is 0 Å². The van der Waals surface area contributed by atoms with E-state index in [0.29, 0.717) is 15.0 Å². The number of ether oxygens (including phenoxy) is 1. The molecule has 4 heteroatoms. The van der Waals surface area contributed by atoms with Crippen LogP contribution in [0.4, 0.5) is 11.4 Å². The van der Waals surface area contributed by atoms with Crippen molar-refractivity contribution < 1.29 is 4.74 Å². The Hall–Kier alpha value is -3.20. The Morgan fingerprint density at radius 3 is 2.54 bits per heavy atom. The average molecular weight is 544 g/mol. The minimum atomic E-state index is 0.0659. The SMILES string of the molecule is CC1(C)C2=C(CCCC2)N(c2ccc3c(c2)Oc2cccc4c2B3c2ccccc2[Se]4)c2ccccc21. The molecule has 4 aromatic rings. The number of nitrogens with zero attached hydrogens (tertiary/aromatic N) is 1. The zero-order chi connectivity index (χ0) is 24.7. The quantitative estimate of drug-likeness (QED) is 0.282. The molecule has 0 radical (unpaired) electrons. The van der Waals surface area contributed by atoms with Gasteiger partial charge in [0.1, 0.15) is 0 Å². The number of allylic oxidation sites excluding steroid dienone is 2. The van der Waals surface area contributed by atoms with Crippen LogP contribution in [-0.2, 0) is 5.41 Å². The van der Waals surface area contributed by atoms with Crippen molar-refractivity contribution in [3.8, 4) is 11.5 Å². The van der Waals surface area contributed by atoms with E-state index in [4.69, 9.17) is 4.74 Å². The van der Waals surface area contributed by atoms with Crippen molar-refractivity contribution in [2.45, 2.75) is 44.9 Å². The summed E-state index contributed by atoms with van der Waals surface area (Å²) in [5, 5.41) is 0. The predicted molar refractivity (Wildman–Crippen MR) is 156 cm³/mol. The Morgan fingerprint density at radius 2 is 1.59 bits per heavy atom. The summed E-state index contributed by atoms with van der Waals surface area (Å²) >= 11 is 0.313. The van der Waals surface area contributed by atoms with Crippen LogP contribution in [0.5, 0.6) is 11.5 Å². The van der Waals surface area contributed by atoms with Crippen molar-refractivity contribution in [1.29, 1.82) is 0 Å². The van der Waals surface area contributed by atoms with Crippen LogP contribution in [0.2, 0.25) is 0 Å². The number of anilines is 2. The molecule has 2 nitrogen and oxygen atoms in total. The van der Waals surface area contributed by atoms with E-state index in [0.717, 1.165) is 17.9 Å². The minimum absolute atomic E-state index is 0.0659. The number of fused-ring (bicyclic) bond motifs is 5. The van der Waals surface area contributed by atoms with Crippen LogP contribution in [0.25, 0.3) is 0 Å². The normalized spacial score (nSPS) is 18.2. The van der Waals surface area contributed by atoms with Crippen LogP contribution in [-0.4, -0.2) is 21.7 Å². The molecule has 3 aliphatic heterocycles. The molecule has 8 rings (SSSR count). The van der Waals surface area contributed by atoms with E-state index in [1.54, 1.807) is 5.57 Å². The molecule has 0 unspecified atom stereocenters. The molecule has 37 heavy (non-hydrogen) atoms. The number of hydrogen-bond donors (Lipinski definition) is 0. The second-order valence-electron chi connectivity index (χ2n) is 11.2. The molecule has 1 aliphatic carbocycles. The topological polar surface area (TPSA) is 12.5 Å². The fourth-order valence-electron chi connectivity index (χ4n) is 7.11. The third kappa shape index (κ3) is 3.06. The molecule has 3 heterocycles. The monoisotopic (exact) mass is 545 g/mol. The molecule has 4 aliphatic rings. The van der Waals surface area contributed by atoms with Gasteiger partial charge in [0.25, 0.3) is 0 Å². The van der Waals surface area contributed by atoms with Crippen LogP contribution in [0, 0.1) is 0 Å². The Kier molecular flexibility index (Phi) is 4.67. The van der Waals surface area contributed by atoms with Crippen molar-refractivity contribution in [1.82, 2.24) is 0 Å². The molecular weight excluding hydrogens is 516 g/mol. The molecule has 0 bridgehead atoms. The van der Waals surface area contributed by atoms with Gasteiger partial charge in [-0.1, -0.05) is 0 Å². The summed E-state index contributed by atoms with van der Waals surface area (Å²) in [5.74, 6) is 2.03. The summed E-state index contributed by atoms with van der Waals surface area (Å²) < 4.78 is 9.65. The van der Waals surface area contributed by atoms with Gasteiger partial charge in [-0.3, -0.25) is 0 Å². The summed E-state index contributed by atoms with van der Waals surface area (Å²) in [6, 6.07) is 31.6. The molecule has 0 spiro atoms. The first kappa shape index (κ1) is 21.8. The average Bonchev–Trinajstić information content (AvgIpc) is 2.93. The summed E-state index contributed by atoms with van der Waals surface area (Å²) in [7, 11) is 0. The molecule has 0 N–H and O–H groups in total. The zero-order valence-corrected chi connectivity index (χ0v) is 23.0. The van der Waals surface area contributed by atoms with E-state index in [9.17, 15) is 0 Å². The van der Waals surface area contributed by atoms with E-state index < -0.39 is 0 Å². The van der Waals surface area contributed by atoms with E-state index in [2.05, 4.69) is 104 Å². The molecular formula is C33H28BNOSe. The maximum atomic E-state index is 6.70. The Morgan fingerprint density at radius 1 is 0.784 bits per heavy atom. The molecule has 0 fully saturated rings. The van der Waals surface area contributed by atoms with Crippen LogP contribution < -0.4 is 34.9 Å². The van der Waals surface area contributed by atoms with Crippen LogP contribution >= 0.6 is 0 Å². The van der Waals surface area contributed by atoms with Crippen molar-refractivity contribution >= 4 is 58.4 Å². The number of benzene rings is 4. The fraction of sp³-hybridized carbons (Fsp3) is 0.212. The fourth-order valence-corrected chi connectivity index (χ4v) is 9.55. The van der Waals surface area contributed by atoms with Crippen molar-refractivity contribution in [3.63, 3.8) is 0 Å². The molecule has 0 aromatic heterocycles. The Bertz CT molecular complexity index is 1640. The van der Waals surface area contributed by atoms with E-state index in [-0.39, 0.29) is 12.1 Å². The van der Waals surface area contributed by atoms with Gasteiger partial charge >= 0.3 is 226 Å². The summed E-state index contributed by atoms with van der Waals surface area (Å²) in [4.78, 5) is 2.54. The Balaban J connectivity index is 1.32. The predicted octanol–water partition coefficient (Wildman–Crippen LogP) is 4.53. The molecule has 4 aromatic carbocycles. The molecule has 0 saturated heterocycles.